The molecule has 2 N–H and O–H groups in total. The standard InChI is InChI=1S/C16H20ClN3O2/c1-2-18-14-6-3-10(17)7-13(14)16(22)20-11-4-5-12(20)9-19-15(21)8-11/h3,6-7,11-12,18H,2,4-5,8-9H2,1H3,(H,19,21). The maximum absolute atomic E-state index is 13.1. The van der Waals surface area contributed by atoms with Crippen molar-refractivity contribution in [2.24, 2.45) is 0 Å². The van der Waals surface area contributed by atoms with E-state index in [1.807, 2.05) is 17.9 Å². The maximum Gasteiger partial charge on any atom is 0.256 e. The first-order valence-corrected chi connectivity index (χ1v) is 8.10. The van der Waals surface area contributed by atoms with E-state index >= 15 is 0 Å². The molecule has 118 valence electrons. The molecule has 2 heterocycles. The van der Waals surface area contributed by atoms with Crippen LogP contribution < -0.4 is 10.6 Å². The summed E-state index contributed by atoms with van der Waals surface area (Å²) in [5, 5.41) is 6.64. The highest BCUT2D eigenvalue weighted by Gasteiger charge is 2.41. The first-order chi connectivity index (χ1) is 10.6. The number of carbonyl (C=O) groups is 2. The summed E-state index contributed by atoms with van der Waals surface area (Å²) in [7, 11) is 0. The predicted molar refractivity (Wildman–Crippen MR) is 86.2 cm³/mol. The van der Waals surface area contributed by atoms with Crippen molar-refractivity contribution >= 4 is 29.1 Å². The predicted octanol–water partition coefficient (Wildman–Crippen LogP) is 2.26. The van der Waals surface area contributed by atoms with Gasteiger partial charge in [0.05, 0.1) is 5.56 Å². The number of carbonyl (C=O) groups excluding carboxylic acids is 2. The number of benzene rings is 1. The van der Waals surface area contributed by atoms with Gasteiger partial charge in [0.2, 0.25) is 5.91 Å². The monoisotopic (exact) mass is 321 g/mol. The molecule has 2 aliphatic heterocycles. The summed E-state index contributed by atoms with van der Waals surface area (Å²) in [6.07, 6.45) is 2.22. The zero-order valence-electron chi connectivity index (χ0n) is 12.6. The van der Waals surface area contributed by atoms with Gasteiger partial charge in [-0.1, -0.05) is 11.6 Å². The Bertz CT molecular complexity index is 605. The molecule has 0 aliphatic carbocycles. The number of amides is 2. The second-order valence-corrected chi connectivity index (χ2v) is 6.26. The van der Waals surface area contributed by atoms with Gasteiger partial charge >= 0.3 is 0 Å². The summed E-state index contributed by atoms with van der Waals surface area (Å²) >= 11 is 6.08. The molecule has 1 aromatic carbocycles. The minimum atomic E-state index is -0.0394. The maximum atomic E-state index is 13.1. The topological polar surface area (TPSA) is 61.4 Å². The van der Waals surface area contributed by atoms with Crippen molar-refractivity contribution in [2.75, 3.05) is 18.4 Å². The van der Waals surface area contributed by atoms with Gasteiger partial charge in [0, 0.05) is 42.3 Å². The van der Waals surface area contributed by atoms with Crippen molar-refractivity contribution in [2.45, 2.75) is 38.3 Å². The molecule has 2 amide bonds. The Morgan fingerprint density at radius 1 is 1.41 bits per heavy atom. The molecule has 2 atom stereocenters. The van der Waals surface area contributed by atoms with Crippen LogP contribution in [0.2, 0.25) is 5.02 Å². The minimum absolute atomic E-state index is 0.00606. The molecule has 5 nitrogen and oxygen atoms in total. The average Bonchev–Trinajstić information content (AvgIpc) is 2.80. The largest absolute Gasteiger partial charge is 0.385 e. The van der Waals surface area contributed by atoms with Crippen molar-refractivity contribution in [3.05, 3.63) is 28.8 Å². The smallest absolute Gasteiger partial charge is 0.256 e. The molecule has 2 bridgehead atoms. The number of hydrogen-bond donors (Lipinski definition) is 2. The fraction of sp³-hybridized carbons (Fsp3) is 0.500. The zero-order chi connectivity index (χ0) is 15.7. The lowest BCUT2D eigenvalue weighted by Gasteiger charge is -2.28. The second kappa shape index (κ2) is 6.16. The summed E-state index contributed by atoms with van der Waals surface area (Å²) in [6, 6.07) is 5.40. The average molecular weight is 322 g/mol. The Balaban J connectivity index is 1.93. The van der Waals surface area contributed by atoms with Crippen LogP contribution >= 0.6 is 11.6 Å². The lowest BCUT2D eigenvalue weighted by atomic mass is 10.1. The number of nitrogens with one attached hydrogen (secondary N) is 2. The van der Waals surface area contributed by atoms with E-state index in [9.17, 15) is 9.59 Å². The third-order valence-electron chi connectivity index (χ3n) is 4.39. The summed E-state index contributed by atoms with van der Waals surface area (Å²) in [4.78, 5) is 26.7. The normalized spacial score (nSPS) is 23.9. The van der Waals surface area contributed by atoms with E-state index in [1.54, 1.807) is 12.1 Å². The molecule has 3 rings (SSSR count). The van der Waals surface area contributed by atoms with Crippen LogP contribution in [0.3, 0.4) is 0 Å². The molecular formula is C16H20ClN3O2. The van der Waals surface area contributed by atoms with E-state index in [2.05, 4.69) is 10.6 Å². The van der Waals surface area contributed by atoms with Gasteiger partial charge < -0.3 is 15.5 Å². The van der Waals surface area contributed by atoms with Gasteiger partial charge in [-0.3, -0.25) is 9.59 Å². The third-order valence-corrected chi connectivity index (χ3v) is 4.62. The van der Waals surface area contributed by atoms with Gasteiger partial charge in [0.15, 0.2) is 0 Å². The Kier molecular flexibility index (Phi) is 4.25. The highest BCUT2D eigenvalue weighted by atomic mass is 35.5. The second-order valence-electron chi connectivity index (χ2n) is 5.83. The molecule has 1 aromatic rings. The summed E-state index contributed by atoms with van der Waals surface area (Å²) in [5.74, 6) is -0.00884. The van der Waals surface area contributed by atoms with Crippen LogP contribution in [0.4, 0.5) is 5.69 Å². The van der Waals surface area contributed by atoms with Crippen molar-refractivity contribution in [3.63, 3.8) is 0 Å². The highest BCUT2D eigenvalue weighted by Crippen LogP contribution is 2.32. The SMILES string of the molecule is CCNc1ccc(Cl)cc1C(=O)N1C2CCC1CC(=O)NC2. The van der Waals surface area contributed by atoms with E-state index < -0.39 is 0 Å². The van der Waals surface area contributed by atoms with Crippen LogP contribution in [0, 0.1) is 0 Å². The van der Waals surface area contributed by atoms with Crippen molar-refractivity contribution in [1.82, 2.24) is 10.2 Å². The highest BCUT2D eigenvalue weighted by molar-refractivity contribution is 6.31. The Morgan fingerprint density at radius 3 is 2.95 bits per heavy atom. The van der Waals surface area contributed by atoms with Crippen molar-refractivity contribution in [1.29, 1.82) is 0 Å². The van der Waals surface area contributed by atoms with Crippen LogP contribution in [0.15, 0.2) is 18.2 Å². The first-order valence-electron chi connectivity index (χ1n) is 7.73. The molecule has 2 unspecified atom stereocenters. The number of rotatable bonds is 3. The van der Waals surface area contributed by atoms with Gasteiger partial charge in [-0.2, -0.15) is 0 Å². The number of halogens is 1. The van der Waals surface area contributed by atoms with Gasteiger partial charge in [0.1, 0.15) is 0 Å². The zero-order valence-corrected chi connectivity index (χ0v) is 13.3. The molecule has 2 saturated heterocycles. The summed E-state index contributed by atoms with van der Waals surface area (Å²) < 4.78 is 0. The van der Waals surface area contributed by atoms with Crippen LogP contribution in [0.25, 0.3) is 0 Å². The summed E-state index contributed by atoms with van der Waals surface area (Å²) in [5.41, 5.74) is 1.38. The van der Waals surface area contributed by atoms with Crippen LogP contribution in [-0.4, -0.2) is 41.9 Å². The molecule has 0 spiro atoms. The molecule has 2 fully saturated rings. The van der Waals surface area contributed by atoms with Gasteiger partial charge in [-0.25, -0.2) is 0 Å². The lowest BCUT2D eigenvalue weighted by Crippen LogP contribution is -2.42. The van der Waals surface area contributed by atoms with E-state index in [0.29, 0.717) is 23.6 Å². The molecule has 2 aliphatic rings. The number of anilines is 1. The van der Waals surface area contributed by atoms with E-state index in [1.165, 1.54) is 0 Å². The van der Waals surface area contributed by atoms with Gasteiger partial charge in [0.25, 0.3) is 5.91 Å². The quantitative estimate of drug-likeness (QED) is 0.897. The molecular weight excluding hydrogens is 302 g/mol. The summed E-state index contributed by atoms with van der Waals surface area (Å²) in [6.45, 7) is 3.26. The van der Waals surface area contributed by atoms with E-state index in [0.717, 1.165) is 25.1 Å². The van der Waals surface area contributed by atoms with Crippen LogP contribution in [0.1, 0.15) is 36.5 Å². The molecule has 0 saturated carbocycles. The third kappa shape index (κ3) is 2.77. The van der Waals surface area contributed by atoms with Crippen LogP contribution in [0.5, 0.6) is 0 Å². The minimum Gasteiger partial charge on any atom is -0.385 e. The first kappa shape index (κ1) is 15.2. The Hall–Kier alpha value is -1.75. The Labute approximate surface area is 135 Å². The van der Waals surface area contributed by atoms with E-state index in [4.69, 9.17) is 11.6 Å². The van der Waals surface area contributed by atoms with Crippen LogP contribution in [-0.2, 0) is 4.79 Å². The van der Waals surface area contributed by atoms with Crippen molar-refractivity contribution in [3.8, 4) is 0 Å². The fourth-order valence-electron chi connectivity index (χ4n) is 3.39. The number of hydrogen-bond acceptors (Lipinski definition) is 3. The fourth-order valence-corrected chi connectivity index (χ4v) is 3.56. The van der Waals surface area contributed by atoms with Gasteiger partial charge in [-0.05, 0) is 38.0 Å². The Morgan fingerprint density at radius 2 is 2.18 bits per heavy atom. The molecule has 0 aromatic heterocycles. The number of nitrogens with zero attached hydrogens (tertiary/aromatic N) is 1. The lowest BCUT2D eigenvalue weighted by molar-refractivity contribution is -0.121. The molecule has 6 heteroatoms. The molecule has 0 radical (unpaired) electrons. The van der Waals surface area contributed by atoms with E-state index in [-0.39, 0.29) is 23.9 Å². The van der Waals surface area contributed by atoms with Crippen molar-refractivity contribution < 1.29 is 9.59 Å². The van der Waals surface area contributed by atoms with Gasteiger partial charge in [-0.15, -0.1) is 0 Å². The molecule has 22 heavy (non-hydrogen) atoms. The number of fused-ring (bicyclic) bond motifs is 2.